The van der Waals surface area contributed by atoms with Gasteiger partial charge in [0, 0.05) is 27.9 Å². The van der Waals surface area contributed by atoms with Gasteiger partial charge in [-0.1, -0.05) is 91.0 Å². The van der Waals surface area contributed by atoms with Crippen LogP contribution >= 0.6 is 0 Å². The molecule has 0 aliphatic carbocycles. The van der Waals surface area contributed by atoms with Crippen molar-refractivity contribution in [2.45, 2.75) is 0 Å². The van der Waals surface area contributed by atoms with Crippen LogP contribution in [0.2, 0.25) is 0 Å². The van der Waals surface area contributed by atoms with E-state index in [2.05, 4.69) is 99.3 Å². The van der Waals surface area contributed by atoms with Gasteiger partial charge in [-0.15, -0.1) is 0 Å². The fourth-order valence-electron chi connectivity index (χ4n) is 5.69. The Morgan fingerprint density at radius 2 is 1.22 bits per heavy atom. The number of nitrogens with zero attached hydrogens (tertiary/aromatic N) is 5. The number of fused-ring (bicyclic) bond motifs is 5. The lowest BCUT2D eigenvalue weighted by molar-refractivity contribution is 1.01. The average molecular weight is 524 g/mol. The molecule has 0 fully saturated rings. The Morgan fingerprint density at radius 1 is 0.561 bits per heavy atom. The van der Waals surface area contributed by atoms with Crippen molar-refractivity contribution in [3.63, 3.8) is 0 Å². The molecule has 0 amide bonds. The minimum Gasteiger partial charge on any atom is -0.278 e. The summed E-state index contributed by atoms with van der Waals surface area (Å²) in [6, 6.07) is 41.3. The summed E-state index contributed by atoms with van der Waals surface area (Å²) in [5.41, 5.74) is 7.36. The fraction of sp³-hybridized carbons (Fsp3) is 0. The van der Waals surface area contributed by atoms with Gasteiger partial charge in [-0.3, -0.25) is 4.57 Å². The molecule has 0 saturated carbocycles. The maximum Gasteiger partial charge on any atom is 0.237 e. The largest absolute Gasteiger partial charge is 0.278 e. The second kappa shape index (κ2) is 9.11. The van der Waals surface area contributed by atoms with Gasteiger partial charge in [0.2, 0.25) is 5.95 Å². The zero-order valence-electron chi connectivity index (χ0n) is 21.9. The lowest BCUT2D eigenvalue weighted by atomic mass is 10.0. The molecule has 5 nitrogen and oxygen atoms in total. The van der Waals surface area contributed by atoms with E-state index in [1.807, 2.05) is 36.4 Å². The lowest BCUT2D eigenvalue weighted by Gasteiger charge is -2.12. The van der Waals surface area contributed by atoms with Gasteiger partial charge in [0.15, 0.2) is 11.3 Å². The molecule has 5 heteroatoms. The predicted molar refractivity (Wildman–Crippen MR) is 166 cm³/mol. The second-order valence-corrected chi connectivity index (χ2v) is 10.1. The highest BCUT2D eigenvalue weighted by Gasteiger charge is 2.18. The number of para-hydroxylation sites is 1. The van der Waals surface area contributed by atoms with E-state index in [-0.39, 0.29) is 0 Å². The standard InChI is InChI=1S/C36H21N5/c1-37-28-18-16-24(17-19-28)23-12-14-25(15-13-23)34-30-10-6-20-38-35(30)40-36(39-34)41-32-11-5-4-9-29(32)31-21-26-7-2-3-8-27(26)22-33(31)41/h2-22H. The van der Waals surface area contributed by atoms with Crippen molar-refractivity contribution >= 4 is 49.3 Å². The monoisotopic (exact) mass is 523 g/mol. The van der Waals surface area contributed by atoms with Crippen molar-refractivity contribution in [1.29, 1.82) is 0 Å². The predicted octanol–water partition coefficient (Wildman–Crippen LogP) is 9.16. The van der Waals surface area contributed by atoms with Crippen LogP contribution in [0.25, 0.3) is 76.8 Å². The summed E-state index contributed by atoms with van der Waals surface area (Å²) >= 11 is 0. The number of hydrogen-bond acceptors (Lipinski definition) is 3. The Hall–Kier alpha value is -5.86. The van der Waals surface area contributed by atoms with Gasteiger partial charge < -0.3 is 0 Å². The van der Waals surface area contributed by atoms with Crippen molar-refractivity contribution in [2.75, 3.05) is 0 Å². The first-order valence-corrected chi connectivity index (χ1v) is 13.4. The van der Waals surface area contributed by atoms with Gasteiger partial charge in [0.1, 0.15) is 0 Å². The summed E-state index contributed by atoms with van der Waals surface area (Å²) in [6.07, 6.45) is 1.78. The van der Waals surface area contributed by atoms with E-state index in [4.69, 9.17) is 16.5 Å². The molecule has 8 rings (SSSR count). The molecule has 3 aromatic heterocycles. The normalized spacial score (nSPS) is 11.4. The number of benzene rings is 5. The third kappa shape index (κ3) is 3.74. The average Bonchev–Trinajstić information content (AvgIpc) is 3.36. The Balaban J connectivity index is 1.35. The summed E-state index contributed by atoms with van der Waals surface area (Å²) in [5.74, 6) is 0.589. The van der Waals surface area contributed by atoms with Crippen LogP contribution in [0.15, 0.2) is 128 Å². The molecule has 0 unspecified atom stereocenters. The van der Waals surface area contributed by atoms with Crippen LogP contribution in [0.5, 0.6) is 0 Å². The number of hydrogen-bond donors (Lipinski definition) is 0. The molecule has 0 saturated heterocycles. The van der Waals surface area contributed by atoms with Crippen LogP contribution in [0.4, 0.5) is 5.69 Å². The van der Waals surface area contributed by atoms with Crippen molar-refractivity contribution in [3.8, 4) is 28.3 Å². The molecule has 0 radical (unpaired) electrons. The first kappa shape index (κ1) is 23.1. The molecule has 3 heterocycles. The highest BCUT2D eigenvalue weighted by Crippen LogP contribution is 2.36. The SMILES string of the molecule is [C-]#[N+]c1ccc(-c2ccc(-c3nc(-n4c5ccccc5c5cc6ccccc6cc54)nc4ncccc34)cc2)cc1. The van der Waals surface area contributed by atoms with E-state index < -0.39 is 0 Å². The maximum absolute atomic E-state index is 7.21. The van der Waals surface area contributed by atoms with Crippen LogP contribution in [0, 0.1) is 6.57 Å². The fourth-order valence-corrected chi connectivity index (χ4v) is 5.69. The molecule has 0 atom stereocenters. The summed E-state index contributed by atoms with van der Waals surface area (Å²) in [7, 11) is 0. The summed E-state index contributed by atoms with van der Waals surface area (Å²) in [6.45, 7) is 7.21. The van der Waals surface area contributed by atoms with E-state index in [0.29, 0.717) is 17.3 Å². The maximum atomic E-state index is 7.21. The van der Waals surface area contributed by atoms with Gasteiger partial charge in [-0.25, -0.2) is 14.8 Å². The molecule has 0 aliphatic heterocycles. The number of aromatic nitrogens is 4. The molecular weight excluding hydrogens is 502 g/mol. The van der Waals surface area contributed by atoms with E-state index >= 15 is 0 Å². The Morgan fingerprint density at radius 3 is 2.00 bits per heavy atom. The first-order valence-electron chi connectivity index (χ1n) is 13.4. The minimum atomic E-state index is 0.589. The molecule has 41 heavy (non-hydrogen) atoms. The quantitative estimate of drug-likeness (QED) is 0.217. The van der Waals surface area contributed by atoms with Crippen LogP contribution in [0.3, 0.4) is 0 Å². The number of rotatable bonds is 3. The van der Waals surface area contributed by atoms with Gasteiger partial charge in [0.05, 0.1) is 23.3 Å². The zero-order valence-corrected chi connectivity index (χ0v) is 21.9. The Kier molecular flexibility index (Phi) is 5.13. The van der Waals surface area contributed by atoms with Gasteiger partial charge in [0.25, 0.3) is 0 Å². The number of pyridine rings is 1. The molecule has 5 aromatic carbocycles. The molecule has 8 aromatic rings. The minimum absolute atomic E-state index is 0.589. The van der Waals surface area contributed by atoms with Crippen molar-refractivity contribution in [1.82, 2.24) is 19.5 Å². The molecule has 190 valence electrons. The van der Waals surface area contributed by atoms with Crippen LogP contribution in [-0.2, 0) is 0 Å². The van der Waals surface area contributed by atoms with E-state index in [0.717, 1.165) is 44.2 Å². The topological polar surface area (TPSA) is 48.0 Å². The van der Waals surface area contributed by atoms with Gasteiger partial charge in [-0.2, -0.15) is 4.98 Å². The van der Waals surface area contributed by atoms with Crippen LogP contribution in [-0.4, -0.2) is 19.5 Å². The van der Waals surface area contributed by atoms with Gasteiger partial charge >= 0.3 is 0 Å². The Labute approximate surface area is 235 Å². The van der Waals surface area contributed by atoms with Gasteiger partial charge in [-0.05, 0) is 52.2 Å². The van der Waals surface area contributed by atoms with E-state index in [1.54, 1.807) is 6.20 Å². The van der Waals surface area contributed by atoms with Crippen LogP contribution < -0.4 is 0 Å². The summed E-state index contributed by atoms with van der Waals surface area (Å²) < 4.78 is 2.15. The molecule has 0 bridgehead atoms. The molecule has 0 aliphatic rings. The Bertz CT molecular complexity index is 2310. The highest BCUT2D eigenvalue weighted by atomic mass is 15.2. The third-order valence-corrected chi connectivity index (χ3v) is 7.69. The second-order valence-electron chi connectivity index (χ2n) is 10.1. The summed E-state index contributed by atoms with van der Waals surface area (Å²) in [4.78, 5) is 18.3. The first-order chi connectivity index (χ1) is 20.3. The van der Waals surface area contributed by atoms with Crippen LogP contribution in [0.1, 0.15) is 0 Å². The molecule has 0 spiro atoms. The van der Waals surface area contributed by atoms with E-state index in [9.17, 15) is 0 Å². The smallest absolute Gasteiger partial charge is 0.237 e. The molecule has 0 N–H and O–H groups in total. The van der Waals surface area contributed by atoms with Crippen molar-refractivity contribution in [2.24, 2.45) is 0 Å². The van der Waals surface area contributed by atoms with Crippen molar-refractivity contribution in [3.05, 3.63) is 139 Å². The summed E-state index contributed by atoms with van der Waals surface area (Å²) in [5, 5.41) is 5.60. The third-order valence-electron chi connectivity index (χ3n) is 7.69. The lowest BCUT2D eigenvalue weighted by Crippen LogP contribution is -2.04. The van der Waals surface area contributed by atoms with Crippen molar-refractivity contribution < 1.29 is 0 Å². The van der Waals surface area contributed by atoms with E-state index in [1.165, 1.54) is 16.2 Å². The highest BCUT2D eigenvalue weighted by molar-refractivity contribution is 6.13. The zero-order chi connectivity index (χ0) is 27.3. The molecular formula is C36H21N5.